The summed E-state index contributed by atoms with van der Waals surface area (Å²) >= 11 is 0. The van der Waals surface area contributed by atoms with E-state index in [1.165, 1.54) is 0 Å². The molecular weight excluding hydrogens is 218 g/mol. The number of hydrogen-bond donors (Lipinski definition) is 2. The Morgan fingerprint density at radius 3 is 2.94 bits per heavy atom. The van der Waals surface area contributed by atoms with Gasteiger partial charge in [-0.25, -0.2) is 0 Å². The van der Waals surface area contributed by atoms with Crippen molar-refractivity contribution in [1.29, 1.82) is 0 Å². The lowest BCUT2D eigenvalue weighted by Gasteiger charge is -2.32. The zero-order valence-corrected chi connectivity index (χ0v) is 10.4. The Balaban J connectivity index is 1.91. The topological polar surface area (TPSA) is 61.4 Å². The Kier molecular flexibility index (Phi) is 3.99. The van der Waals surface area contributed by atoms with Crippen LogP contribution in [0.15, 0.2) is 0 Å². The monoisotopic (exact) mass is 239 g/mol. The second-order valence-corrected chi connectivity index (χ2v) is 4.98. The van der Waals surface area contributed by atoms with E-state index in [0.717, 1.165) is 19.3 Å². The molecule has 0 radical (unpaired) electrons. The molecule has 2 aliphatic heterocycles. The van der Waals surface area contributed by atoms with Gasteiger partial charge in [-0.15, -0.1) is 0 Å². The van der Waals surface area contributed by atoms with Crippen LogP contribution < -0.4 is 10.6 Å². The molecule has 2 saturated heterocycles. The Bertz CT molecular complexity index is 306. The van der Waals surface area contributed by atoms with Gasteiger partial charge in [0.25, 0.3) is 0 Å². The molecule has 2 rings (SSSR count). The maximum Gasteiger partial charge on any atom is 0.239 e. The highest BCUT2D eigenvalue weighted by molar-refractivity contribution is 5.83. The molecule has 2 unspecified atom stereocenters. The summed E-state index contributed by atoms with van der Waals surface area (Å²) in [6.45, 7) is 3.88. The molecule has 0 aromatic carbocycles. The van der Waals surface area contributed by atoms with Crippen molar-refractivity contribution in [3.05, 3.63) is 0 Å². The van der Waals surface area contributed by atoms with E-state index < -0.39 is 0 Å². The largest absolute Gasteiger partial charge is 0.354 e. The molecular formula is C12H21N3O2. The Morgan fingerprint density at radius 2 is 2.18 bits per heavy atom. The van der Waals surface area contributed by atoms with Crippen LogP contribution in [-0.2, 0) is 9.59 Å². The second kappa shape index (κ2) is 5.49. The van der Waals surface area contributed by atoms with Crippen LogP contribution in [0, 0.1) is 0 Å². The fourth-order valence-corrected chi connectivity index (χ4v) is 2.54. The van der Waals surface area contributed by atoms with Gasteiger partial charge in [0, 0.05) is 32.1 Å². The lowest BCUT2D eigenvalue weighted by molar-refractivity contribution is -0.134. The first-order valence-corrected chi connectivity index (χ1v) is 6.48. The SMILES string of the molecule is CC1CCCC(C(=O)N2CCNC(=O)CC2)N1. The summed E-state index contributed by atoms with van der Waals surface area (Å²) < 4.78 is 0. The molecule has 17 heavy (non-hydrogen) atoms. The predicted molar refractivity (Wildman–Crippen MR) is 64.4 cm³/mol. The minimum atomic E-state index is -0.0491. The van der Waals surface area contributed by atoms with Crippen LogP contribution in [0.4, 0.5) is 0 Å². The molecule has 2 atom stereocenters. The highest BCUT2D eigenvalue weighted by Crippen LogP contribution is 2.14. The summed E-state index contributed by atoms with van der Waals surface area (Å²) in [5.41, 5.74) is 0. The standard InChI is InChI=1S/C12H21N3O2/c1-9-3-2-4-10(14-9)12(17)15-7-5-11(16)13-6-8-15/h9-10,14H,2-8H2,1H3,(H,13,16). The van der Waals surface area contributed by atoms with Crippen LogP contribution in [0.5, 0.6) is 0 Å². The third kappa shape index (κ3) is 3.19. The van der Waals surface area contributed by atoms with E-state index in [9.17, 15) is 9.59 Å². The molecule has 2 heterocycles. The molecule has 0 aromatic rings. The zero-order valence-electron chi connectivity index (χ0n) is 10.4. The van der Waals surface area contributed by atoms with Crippen LogP contribution in [0.3, 0.4) is 0 Å². The van der Waals surface area contributed by atoms with E-state index in [1.54, 1.807) is 0 Å². The van der Waals surface area contributed by atoms with Crippen molar-refractivity contribution in [2.75, 3.05) is 19.6 Å². The van der Waals surface area contributed by atoms with Crippen LogP contribution in [0.1, 0.15) is 32.6 Å². The van der Waals surface area contributed by atoms with E-state index in [4.69, 9.17) is 0 Å². The number of nitrogens with zero attached hydrogens (tertiary/aromatic N) is 1. The minimum Gasteiger partial charge on any atom is -0.354 e. The number of rotatable bonds is 1. The summed E-state index contributed by atoms with van der Waals surface area (Å²) in [5.74, 6) is 0.207. The van der Waals surface area contributed by atoms with Crippen LogP contribution >= 0.6 is 0 Å². The van der Waals surface area contributed by atoms with Crippen LogP contribution in [-0.4, -0.2) is 48.4 Å². The molecule has 5 heteroatoms. The lowest BCUT2D eigenvalue weighted by atomic mass is 9.98. The van der Waals surface area contributed by atoms with E-state index in [2.05, 4.69) is 17.6 Å². The average Bonchev–Trinajstić information content (AvgIpc) is 2.53. The molecule has 2 fully saturated rings. The summed E-state index contributed by atoms with van der Waals surface area (Å²) in [6.07, 6.45) is 3.59. The average molecular weight is 239 g/mol. The van der Waals surface area contributed by atoms with Crippen molar-refractivity contribution in [3.63, 3.8) is 0 Å². The number of carbonyl (C=O) groups excluding carboxylic acids is 2. The van der Waals surface area contributed by atoms with Gasteiger partial charge >= 0.3 is 0 Å². The maximum absolute atomic E-state index is 12.3. The smallest absolute Gasteiger partial charge is 0.239 e. The van der Waals surface area contributed by atoms with Gasteiger partial charge in [-0.05, 0) is 26.2 Å². The Morgan fingerprint density at radius 1 is 1.35 bits per heavy atom. The number of hydrogen-bond acceptors (Lipinski definition) is 3. The number of piperidine rings is 1. The van der Waals surface area contributed by atoms with Crippen molar-refractivity contribution in [2.45, 2.75) is 44.7 Å². The van der Waals surface area contributed by atoms with E-state index >= 15 is 0 Å². The van der Waals surface area contributed by atoms with Crippen molar-refractivity contribution < 1.29 is 9.59 Å². The number of nitrogens with one attached hydrogen (secondary N) is 2. The van der Waals surface area contributed by atoms with Gasteiger partial charge in [0.2, 0.25) is 11.8 Å². The maximum atomic E-state index is 12.3. The summed E-state index contributed by atoms with van der Waals surface area (Å²) in [4.78, 5) is 25.3. The molecule has 96 valence electrons. The van der Waals surface area contributed by atoms with Gasteiger partial charge in [-0.1, -0.05) is 0 Å². The third-order valence-corrected chi connectivity index (χ3v) is 3.54. The van der Waals surface area contributed by atoms with Gasteiger partial charge in [0.05, 0.1) is 6.04 Å². The molecule has 0 saturated carbocycles. The van der Waals surface area contributed by atoms with Crippen molar-refractivity contribution in [2.24, 2.45) is 0 Å². The van der Waals surface area contributed by atoms with Crippen LogP contribution in [0.25, 0.3) is 0 Å². The van der Waals surface area contributed by atoms with Gasteiger partial charge in [0.1, 0.15) is 0 Å². The number of carbonyl (C=O) groups is 2. The Hall–Kier alpha value is -1.10. The van der Waals surface area contributed by atoms with Gasteiger partial charge < -0.3 is 15.5 Å². The Labute approximate surface area is 102 Å². The van der Waals surface area contributed by atoms with Crippen molar-refractivity contribution >= 4 is 11.8 Å². The summed E-state index contributed by atoms with van der Waals surface area (Å²) in [5, 5.41) is 6.14. The first-order chi connectivity index (χ1) is 8.16. The quantitative estimate of drug-likeness (QED) is 0.670. The molecule has 2 aliphatic rings. The molecule has 2 amide bonds. The van der Waals surface area contributed by atoms with E-state index in [1.807, 2.05) is 4.90 Å². The van der Waals surface area contributed by atoms with Gasteiger partial charge in [0.15, 0.2) is 0 Å². The fourth-order valence-electron chi connectivity index (χ4n) is 2.54. The number of amides is 2. The summed E-state index contributed by atoms with van der Waals surface area (Å²) in [7, 11) is 0. The third-order valence-electron chi connectivity index (χ3n) is 3.54. The second-order valence-electron chi connectivity index (χ2n) is 4.98. The molecule has 0 spiro atoms. The highest BCUT2D eigenvalue weighted by Gasteiger charge is 2.28. The zero-order chi connectivity index (χ0) is 12.3. The highest BCUT2D eigenvalue weighted by atomic mass is 16.2. The molecule has 0 aliphatic carbocycles. The van der Waals surface area contributed by atoms with Gasteiger partial charge in [-0.3, -0.25) is 9.59 Å². The molecule has 0 bridgehead atoms. The normalized spacial score (nSPS) is 30.6. The molecule has 0 aromatic heterocycles. The first-order valence-electron chi connectivity index (χ1n) is 6.48. The van der Waals surface area contributed by atoms with Crippen molar-refractivity contribution in [3.8, 4) is 0 Å². The first kappa shape index (κ1) is 12.4. The minimum absolute atomic E-state index is 0.0465. The van der Waals surface area contributed by atoms with Crippen LogP contribution in [0.2, 0.25) is 0 Å². The predicted octanol–water partition coefficient (Wildman–Crippen LogP) is -0.134. The molecule has 2 N–H and O–H groups in total. The van der Waals surface area contributed by atoms with E-state index in [-0.39, 0.29) is 17.9 Å². The summed E-state index contributed by atoms with van der Waals surface area (Å²) in [6, 6.07) is 0.372. The fraction of sp³-hybridized carbons (Fsp3) is 0.833. The lowest BCUT2D eigenvalue weighted by Crippen LogP contribution is -2.52. The van der Waals surface area contributed by atoms with Crippen molar-refractivity contribution in [1.82, 2.24) is 15.5 Å². The molecule has 5 nitrogen and oxygen atoms in total. The van der Waals surface area contributed by atoms with Gasteiger partial charge in [-0.2, -0.15) is 0 Å². The van der Waals surface area contributed by atoms with E-state index in [0.29, 0.717) is 32.1 Å².